The van der Waals surface area contributed by atoms with Gasteiger partial charge in [-0.2, -0.15) is 0 Å². The van der Waals surface area contributed by atoms with Gasteiger partial charge in [-0.1, -0.05) is 6.07 Å². The van der Waals surface area contributed by atoms with Gasteiger partial charge in [0, 0.05) is 31.4 Å². The van der Waals surface area contributed by atoms with Crippen LogP contribution in [0.1, 0.15) is 12.5 Å². The highest BCUT2D eigenvalue weighted by molar-refractivity contribution is 5.79. The Morgan fingerprint density at radius 2 is 2.25 bits per heavy atom. The molecule has 0 aliphatic rings. The second kappa shape index (κ2) is 5.68. The number of hydrogen-bond acceptors (Lipinski definition) is 2. The molecule has 86 valence electrons. The molecule has 3 nitrogen and oxygen atoms in total. The molecule has 1 heterocycles. The molecule has 2 N–H and O–H groups in total. The van der Waals surface area contributed by atoms with Crippen molar-refractivity contribution >= 4 is 10.9 Å². The molecule has 1 aromatic carbocycles. The fourth-order valence-corrected chi connectivity index (χ4v) is 1.73. The summed E-state index contributed by atoms with van der Waals surface area (Å²) in [4.78, 5) is 3.19. The average molecular weight is 218 g/mol. The Hall–Kier alpha value is -1.32. The third kappa shape index (κ3) is 2.84. The van der Waals surface area contributed by atoms with Gasteiger partial charge < -0.3 is 15.0 Å². The van der Waals surface area contributed by atoms with Gasteiger partial charge in [0.15, 0.2) is 0 Å². The third-order valence-electron chi connectivity index (χ3n) is 2.57. The molecule has 0 amide bonds. The average Bonchev–Trinajstić information content (AvgIpc) is 2.76. The fraction of sp³-hybridized carbons (Fsp3) is 0.385. The van der Waals surface area contributed by atoms with Crippen LogP contribution < -0.4 is 5.32 Å². The summed E-state index contributed by atoms with van der Waals surface area (Å²) >= 11 is 0. The Labute approximate surface area is 95.8 Å². The molecule has 0 radical (unpaired) electrons. The first-order chi connectivity index (χ1) is 7.90. The Morgan fingerprint density at radius 1 is 1.31 bits per heavy atom. The van der Waals surface area contributed by atoms with Gasteiger partial charge >= 0.3 is 0 Å². The second-order valence-corrected chi connectivity index (χ2v) is 3.77. The van der Waals surface area contributed by atoms with E-state index in [0.717, 1.165) is 26.3 Å². The lowest BCUT2D eigenvalue weighted by molar-refractivity contribution is 0.149. The van der Waals surface area contributed by atoms with E-state index in [1.165, 1.54) is 16.5 Å². The second-order valence-electron chi connectivity index (χ2n) is 3.77. The lowest BCUT2D eigenvalue weighted by Gasteiger charge is -2.05. The lowest BCUT2D eigenvalue weighted by Crippen LogP contribution is -2.19. The topological polar surface area (TPSA) is 37.0 Å². The summed E-state index contributed by atoms with van der Waals surface area (Å²) in [7, 11) is 0. The number of rotatable bonds is 6. The molecule has 0 saturated carbocycles. The van der Waals surface area contributed by atoms with Crippen molar-refractivity contribution in [3.8, 4) is 0 Å². The van der Waals surface area contributed by atoms with Crippen molar-refractivity contribution in [3.05, 3.63) is 36.0 Å². The standard InChI is InChI=1S/C13H18N2O/c1-2-16-8-7-14-10-11-3-4-13-12(9-11)5-6-15-13/h3-6,9,14-15H,2,7-8,10H2,1H3. The summed E-state index contributed by atoms with van der Waals surface area (Å²) in [6, 6.07) is 8.57. The predicted molar refractivity (Wildman–Crippen MR) is 66.5 cm³/mol. The van der Waals surface area contributed by atoms with Crippen molar-refractivity contribution in [3.63, 3.8) is 0 Å². The minimum atomic E-state index is 0.781. The van der Waals surface area contributed by atoms with Crippen LogP contribution in [0.15, 0.2) is 30.5 Å². The van der Waals surface area contributed by atoms with Crippen molar-refractivity contribution in [2.24, 2.45) is 0 Å². The van der Waals surface area contributed by atoms with Crippen LogP contribution in [0, 0.1) is 0 Å². The molecule has 0 spiro atoms. The first-order valence-corrected chi connectivity index (χ1v) is 5.74. The molecule has 0 bridgehead atoms. The van der Waals surface area contributed by atoms with Crippen molar-refractivity contribution in [1.82, 2.24) is 10.3 Å². The highest BCUT2D eigenvalue weighted by Crippen LogP contribution is 2.13. The first kappa shape index (κ1) is 11.2. The highest BCUT2D eigenvalue weighted by atomic mass is 16.5. The Morgan fingerprint density at radius 3 is 3.12 bits per heavy atom. The van der Waals surface area contributed by atoms with E-state index in [-0.39, 0.29) is 0 Å². The van der Waals surface area contributed by atoms with Crippen LogP contribution in [0.5, 0.6) is 0 Å². The maximum Gasteiger partial charge on any atom is 0.0590 e. The normalized spacial score (nSPS) is 11.1. The summed E-state index contributed by atoms with van der Waals surface area (Å²) in [5.41, 5.74) is 2.50. The largest absolute Gasteiger partial charge is 0.380 e. The molecular formula is C13H18N2O. The quantitative estimate of drug-likeness (QED) is 0.730. The molecule has 0 fully saturated rings. The van der Waals surface area contributed by atoms with Crippen LogP contribution in [0.25, 0.3) is 10.9 Å². The SMILES string of the molecule is CCOCCNCc1ccc2[nH]ccc2c1. The van der Waals surface area contributed by atoms with E-state index < -0.39 is 0 Å². The fourth-order valence-electron chi connectivity index (χ4n) is 1.73. The van der Waals surface area contributed by atoms with Crippen LogP contribution in [0.2, 0.25) is 0 Å². The van der Waals surface area contributed by atoms with Crippen LogP contribution >= 0.6 is 0 Å². The zero-order valence-corrected chi connectivity index (χ0v) is 9.62. The van der Waals surface area contributed by atoms with E-state index >= 15 is 0 Å². The summed E-state index contributed by atoms with van der Waals surface area (Å²) in [5.74, 6) is 0. The van der Waals surface area contributed by atoms with Crippen LogP contribution in [0.4, 0.5) is 0 Å². The number of aromatic nitrogens is 1. The predicted octanol–water partition coefficient (Wildman–Crippen LogP) is 2.29. The summed E-state index contributed by atoms with van der Waals surface area (Å²) in [5, 5.41) is 4.63. The molecule has 16 heavy (non-hydrogen) atoms. The number of nitrogens with one attached hydrogen (secondary N) is 2. The van der Waals surface area contributed by atoms with Gasteiger partial charge in [-0.05, 0) is 36.1 Å². The molecule has 3 heteroatoms. The number of H-pyrrole nitrogens is 1. The molecule has 0 atom stereocenters. The van der Waals surface area contributed by atoms with Gasteiger partial charge in [0.1, 0.15) is 0 Å². The summed E-state index contributed by atoms with van der Waals surface area (Å²) in [6.07, 6.45) is 1.97. The van der Waals surface area contributed by atoms with Crippen molar-refractivity contribution in [2.75, 3.05) is 19.8 Å². The van der Waals surface area contributed by atoms with E-state index in [1.807, 2.05) is 13.1 Å². The number of aromatic amines is 1. The van der Waals surface area contributed by atoms with Gasteiger partial charge in [-0.3, -0.25) is 0 Å². The molecule has 0 saturated heterocycles. The van der Waals surface area contributed by atoms with Gasteiger partial charge in [0.25, 0.3) is 0 Å². The minimum Gasteiger partial charge on any atom is -0.380 e. The van der Waals surface area contributed by atoms with Gasteiger partial charge in [0.05, 0.1) is 6.61 Å². The lowest BCUT2D eigenvalue weighted by atomic mass is 10.1. The van der Waals surface area contributed by atoms with Gasteiger partial charge in [-0.15, -0.1) is 0 Å². The smallest absolute Gasteiger partial charge is 0.0590 e. The number of hydrogen-bond donors (Lipinski definition) is 2. The molecule has 0 unspecified atom stereocenters. The van der Waals surface area contributed by atoms with Crippen molar-refractivity contribution in [1.29, 1.82) is 0 Å². The monoisotopic (exact) mass is 218 g/mol. The Kier molecular flexibility index (Phi) is 3.97. The summed E-state index contributed by atoms with van der Waals surface area (Å²) in [6.45, 7) is 5.38. The van der Waals surface area contributed by atoms with Gasteiger partial charge in [0.2, 0.25) is 0 Å². The molecule has 0 aliphatic carbocycles. The maximum atomic E-state index is 5.26. The van der Waals surface area contributed by atoms with Crippen molar-refractivity contribution in [2.45, 2.75) is 13.5 Å². The molecule has 2 rings (SSSR count). The molecular weight excluding hydrogens is 200 g/mol. The van der Waals surface area contributed by atoms with Crippen molar-refractivity contribution < 1.29 is 4.74 Å². The third-order valence-corrected chi connectivity index (χ3v) is 2.57. The molecule has 0 aliphatic heterocycles. The zero-order valence-electron chi connectivity index (χ0n) is 9.62. The molecule has 1 aromatic heterocycles. The Bertz CT molecular complexity index is 436. The van der Waals surface area contributed by atoms with E-state index in [4.69, 9.17) is 4.74 Å². The minimum absolute atomic E-state index is 0.781. The Balaban J connectivity index is 1.84. The highest BCUT2D eigenvalue weighted by Gasteiger charge is 1.96. The number of ether oxygens (including phenoxy) is 1. The van der Waals surface area contributed by atoms with Crippen LogP contribution in [-0.2, 0) is 11.3 Å². The van der Waals surface area contributed by atoms with E-state index in [1.54, 1.807) is 0 Å². The van der Waals surface area contributed by atoms with Gasteiger partial charge in [-0.25, -0.2) is 0 Å². The molecule has 2 aromatic rings. The van der Waals surface area contributed by atoms with Crippen LogP contribution in [-0.4, -0.2) is 24.7 Å². The first-order valence-electron chi connectivity index (χ1n) is 5.74. The number of benzene rings is 1. The van der Waals surface area contributed by atoms with E-state index in [0.29, 0.717) is 0 Å². The maximum absolute atomic E-state index is 5.26. The van der Waals surface area contributed by atoms with E-state index in [9.17, 15) is 0 Å². The zero-order chi connectivity index (χ0) is 11.2. The van der Waals surface area contributed by atoms with Crippen LogP contribution in [0.3, 0.4) is 0 Å². The summed E-state index contributed by atoms with van der Waals surface area (Å²) < 4.78 is 5.26. The number of fused-ring (bicyclic) bond motifs is 1. The van der Waals surface area contributed by atoms with E-state index in [2.05, 4.69) is 34.6 Å².